The number of likely N-dealkylation sites (tertiary alicyclic amines) is 1. The van der Waals surface area contributed by atoms with Crippen molar-refractivity contribution in [2.45, 2.75) is 39.5 Å². The van der Waals surface area contributed by atoms with Crippen LogP contribution in [0.25, 0.3) is 5.65 Å². The van der Waals surface area contributed by atoms with Gasteiger partial charge in [-0.25, -0.2) is 9.50 Å². The normalized spacial score (nSPS) is 17.2. The van der Waals surface area contributed by atoms with E-state index in [0.29, 0.717) is 46.3 Å². The van der Waals surface area contributed by atoms with Crippen LogP contribution in [0, 0.1) is 12.3 Å². The number of imidazole rings is 1. The van der Waals surface area contributed by atoms with E-state index in [0.717, 1.165) is 44.8 Å². The second-order valence-corrected chi connectivity index (χ2v) is 11.1. The Labute approximate surface area is 245 Å². The summed E-state index contributed by atoms with van der Waals surface area (Å²) in [5.74, 6) is 0.803. The molecule has 1 spiro atoms. The van der Waals surface area contributed by atoms with Crippen molar-refractivity contribution in [3.63, 3.8) is 0 Å². The minimum Gasteiger partial charge on any atom is -0.438 e. The lowest BCUT2D eigenvalue weighted by atomic mass is 9.77. The van der Waals surface area contributed by atoms with Crippen LogP contribution in [0.2, 0.25) is 0 Å². The molecule has 12 heteroatoms. The number of nitrogens with two attached hydrogens (primary N) is 1. The van der Waals surface area contributed by atoms with Crippen molar-refractivity contribution in [2.75, 3.05) is 50.5 Å². The van der Waals surface area contributed by atoms with Gasteiger partial charge in [0.25, 0.3) is 5.91 Å². The number of rotatable bonds is 10. The van der Waals surface area contributed by atoms with Crippen LogP contribution in [0.3, 0.4) is 0 Å². The highest BCUT2D eigenvalue weighted by Crippen LogP contribution is 2.38. The summed E-state index contributed by atoms with van der Waals surface area (Å²) in [6.45, 7) is 8.45. The largest absolute Gasteiger partial charge is 0.438 e. The summed E-state index contributed by atoms with van der Waals surface area (Å²) in [7, 11) is 1.53. The van der Waals surface area contributed by atoms with Crippen molar-refractivity contribution >= 4 is 34.7 Å². The first-order valence-corrected chi connectivity index (χ1v) is 14.2. The zero-order valence-electron chi connectivity index (χ0n) is 24.4. The third-order valence-electron chi connectivity index (χ3n) is 7.69. The number of nitrogens with one attached hydrogen (secondary N) is 2. The van der Waals surface area contributed by atoms with Gasteiger partial charge in [0, 0.05) is 42.4 Å². The molecule has 2 saturated heterocycles. The standard InChI is InChI=1S/C30H38N8O4/c1-20-6-7-22(16-23(20)33-29(40)24(32-3)15-21(2)31)42-28-9-8-26-34-25(17-38(26)36-28)35-27(39)5-4-12-37-13-10-30(11-14-37)18-41-19-30/h6-9,15-17H,4-5,10-14,18-19,31H2,1-3H3,(H,33,40)(H,35,39). The third-order valence-corrected chi connectivity index (χ3v) is 7.69. The van der Waals surface area contributed by atoms with Gasteiger partial charge in [0.1, 0.15) is 11.5 Å². The lowest BCUT2D eigenvalue weighted by molar-refractivity contribution is -0.139. The Hall–Kier alpha value is -4.29. The van der Waals surface area contributed by atoms with E-state index < -0.39 is 0 Å². The number of ether oxygens (including phenoxy) is 2. The van der Waals surface area contributed by atoms with E-state index >= 15 is 0 Å². The number of aryl methyl sites for hydroxylation is 1. The minimum absolute atomic E-state index is 0.0710. The van der Waals surface area contributed by atoms with Gasteiger partial charge in [-0.1, -0.05) is 6.07 Å². The summed E-state index contributed by atoms with van der Waals surface area (Å²) < 4.78 is 12.9. The van der Waals surface area contributed by atoms with E-state index in [-0.39, 0.29) is 17.5 Å². The predicted molar refractivity (Wildman–Crippen MR) is 161 cm³/mol. The lowest BCUT2D eigenvalue weighted by Crippen LogP contribution is -2.50. The summed E-state index contributed by atoms with van der Waals surface area (Å²) in [4.78, 5) is 36.1. The second-order valence-electron chi connectivity index (χ2n) is 11.1. The topological polar surface area (TPSA) is 148 Å². The van der Waals surface area contributed by atoms with Crippen LogP contribution in [0.15, 0.2) is 53.3 Å². The molecule has 2 amide bonds. The smallest absolute Gasteiger partial charge is 0.273 e. The zero-order chi connectivity index (χ0) is 29.7. The number of carbonyl (C=O) groups is 2. The number of hydrogen-bond donors (Lipinski definition) is 3. The van der Waals surface area contributed by atoms with Crippen molar-refractivity contribution in [2.24, 2.45) is 16.1 Å². The van der Waals surface area contributed by atoms with Gasteiger partial charge < -0.3 is 30.7 Å². The first-order valence-electron chi connectivity index (χ1n) is 14.2. The molecule has 2 aliphatic rings. The van der Waals surface area contributed by atoms with Crippen LogP contribution < -0.4 is 21.1 Å². The number of benzene rings is 1. The van der Waals surface area contributed by atoms with Crippen molar-refractivity contribution < 1.29 is 19.1 Å². The number of carbonyl (C=O) groups excluding carboxylic acids is 2. The van der Waals surface area contributed by atoms with Crippen LogP contribution in [0.5, 0.6) is 11.6 Å². The molecule has 42 heavy (non-hydrogen) atoms. The number of fused-ring (bicyclic) bond motifs is 1. The molecule has 0 saturated carbocycles. The van der Waals surface area contributed by atoms with Gasteiger partial charge in [-0.2, -0.15) is 0 Å². The number of anilines is 2. The molecular formula is C30H38N8O4. The molecule has 0 unspecified atom stereocenters. The van der Waals surface area contributed by atoms with E-state index in [2.05, 4.69) is 30.6 Å². The summed E-state index contributed by atoms with van der Waals surface area (Å²) in [5.41, 5.74) is 8.83. The second kappa shape index (κ2) is 12.7. The Bertz CT molecular complexity index is 1510. The lowest BCUT2D eigenvalue weighted by Gasteiger charge is -2.47. The van der Waals surface area contributed by atoms with Crippen molar-refractivity contribution in [3.8, 4) is 11.6 Å². The number of hydrogen-bond acceptors (Lipinski definition) is 9. The maximum atomic E-state index is 12.6. The highest BCUT2D eigenvalue weighted by molar-refractivity contribution is 6.47. The zero-order valence-corrected chi connectivity index (χ0v) is 24.4. The number of aromatic nitrogens is 3. The SMILES string of the molecule is CN=C(C=C(C)N)C(=O)Nc1cc(Oc2ccc3nc(NC(=O)CCCN4CCC5(CC4)COC5)cn3n2)ccc1C. The van der Waals surface area contributed by atoms with Gasteiger partial charge in [-0.3, -0.25) is 14.6 Å². The number of allylic oxidation sites excluding steroid dienone is 1. The minimum atomic E-state index is -0.376. The molecule has 12 nitrogen and oxygen atoms in total. The van der Waals surface area contributed by atoms with Crippen LogP contribution in [0.1, 0.15) is 38.2 Å². The van der Waals surface area contributed by atoms with Gasteiger partial charge in [-0.15, -0.1) is 5.10 Å². The Morgan fingerprint density at radius 2 is 1.98 bits per heavy atom. The Balaban J connectivity index is 1.14. The molecule has 2 aliphatic heterocycles. The summed E-state index contributed by atoms with van der Waals surface area (Å²) in [6, 6.07) is 8.80. The van der Waals surface area contributed by atoms with Crippen molar-refractivity contribution in [1.82, 2.24) is 19.5 Å². The average Bonchev–Trinajstić information content (AvgIpc) is 3.34. The van der Waals surface area contributed by atoms with Crippen molar-refractivity contribution in [1.29, 1.82) is 0 Å². The molecule has 0 bridgehead atoms. The molecule has 3 aromatic rings. The molecule has 4 N–H and O–H groups in total. The molecule has 0 aliphatic carbocycles. The Morgan fingerprint density at radius 1 is 1.19 bits per heavy atom. The van der Waals surface area contributed by atoms with Gasteiger partial charge in [0.05, 0.1) is 19.4 Å². The molecule has 0 atom stereocenters. The molecule has 1 aromatic carbocycles. The van der Waals surface area contributed by atoms with Crippen LogP contribution in [0.4, 0.5) is 11.5 Å². The van der Waals surface area contributed by atoms with E-state index in [1.54, 1.807) is 41.9 Å². The van der Waals surface area contributed by atoms with E-state index in [1.807, 2.05) is 13.0 Å². The number of nitrogens with zero attached hydrogens (tertiary/aromatic N) is 5. The molecular weight excluding hydrogens is 536 g/mol. The Kier molecular flexibility index (Phi) is 8.83. The summed E-state index contributed by atoms with van der Waals surface area (Å²) in [5, 5.41) is 10.2. The van der Waals surface area contributed by atoms with E-state index in [1.165, 1.54) is 26.0 Å². The number of aliphatic imine (C=N–C) groups is 1. The molecule has 222 valence electrons. The monoisotopic (exact) mass is 574 g/mol. The quantitative estimate of drug-likeness (QED) is 0.312. The molecule has 2 aromatic heterocycles. The number of amides is 2. The molecule has 2 fully saturated rings. The predicted octanol–water partition coefficient (Wildman–Crippen LogP) is 3.53. The molecule has 5 rings (SSSR count). The third kappa shape index (κ3) is 7.12. The van der Waals surface area contributed by atoms with Crippen LogP contribution >= 0.6 is 0 Å². The van der Waals surface area contributed by atoms with Crippen LogP contribution in [-0.2, 0) is 14.3 Å². The summed E-state index contributed by atoms with van der Waals surface area (Å²) in [6.07, 6.45) is 6.77. The highest BCUT2D eigenvalue weighted by atomic mass is 16.5. The van der Waals surface area contributed by atoms with E-state index in [9.17, 15) is 9.59 Å². The maximum absolute atomic E-state index is 12.6. The molecule has 4 heterocycles. The highest BCUT2D eigenvalue weighted by Gasteiger charge is 2.40. The van der Waals surface area contributed by atoms with E-state index in [4.69, 9.17) is 15.2 Å². The van der Waals surface area contributed by atoms with Crippen molar-refractivity contribution in [3.05, 3.63) is 53.9 Å². The van der Waals surface area contributed by atoms with Gasteiger partial charge in [0.15, 0.2) is 11.5 Å². The van der Waals surface area contributed by atoms with Gasteiger partial charge in [0.2, 0.25) is 11.8 Å². The van der Waals surface area contributed by atoms with Crippen LogP contribution in [-0.4, -0.2) is 76.9 Å². The first-order chi connectivity index (χ1) is 20.2. The maximum Gasteiger partial charge on any atom is 0.273 e. The fourth-order valence-corrected chi connectivity index (χ4v) is 5.13. The van der Waals surface area contributed by atoms with Gasteiger partial charge in [-0.05, 0) is 76.5 Å². The number of piperidine rings is 1. The average molecular weight is 575 g/mol. The Morgan fingerprint density at radius 3 is 2.67 bits per heavy atom. The van der Waals surface area contributed by atoms with Gasteiger partial charge >= 0.3 is 0 Å². The summed E-state index contributed by atoms with van der Waals surface area (Å²) >= 11 is 0. The fraction of sp³-hybridized carbons (Fsp3) is 0.433. The fourth-order valence-electron chi connectivity index (χ4n) is 5.13. The first kappa shape index (κ1) is 29.2. The molecule has 0 radical (unpaired) electrons.